The molecule has 0 amide bonds. The van der Waals surface area contributed by atoms with Crippen molar-refractivity contribution in [3.8, 4) is 0 Å². The number of hydrogen-bond donors (Lipinski definition) is 1. The Morgan fingerprint density at radius 3 is 2.63 bits per heavy atom. The van der Waals surface area contributed by atoms with Gasteiger partial charge in [0.05, 0.1) is 6.04 Å². The molecule has 1 nitrogen and oxygen atoms in total. The average molecular weight is 296 g/mol. The summed E-state index contributed by atoms with van der Waals surface area (Å²) in [5.41, 5.74) is 1.95. The summed E-state index contributed by atoms with van der Waals surface area (Å²) in [5.74, 6) is -0.314. The van der Waals surface area contributed by atoms with Crippen LogP contribution in [-0.2, 0) is 0 Å². The molecule has 1 N–H and O–H groups in total. The highest BCUT2D eigenvalue weighted by Crippen LogP contribution is 2.30. The Kier molecular flexibility index (Phi) is 4.72. The van der Waals surface area contributed by atoms with Gasteiger partial charge in [-0.3, -0.25) is 0 Å². The van der Waals surface area contributed by atoms with Crippen molar-refractivity contribution < 1.29 is 4.39 Å². The molecule has 1 unspecified atom stereocenters. The summed E-state index contributed by atoms with van der Waals surface area (Å²) in [6, 6.07) is 12.6. The minimum atomic E-state index is -0.314. The average Bonchev–Trinajstić information content (AvgIpc) is 2.39. The molecule has 0 saturated carbocycles. The molecule has 0 fully saturated rings. The fourth-order valence-corrected chi connectivity index (χ4v) is 2.82. The minimum absolute atomic E-state index is 0.0152. The molecule has 0 bridgehead atoms. The van der Waals surface area contributed by atoms with Crippen molar-refractivity contribution in [3.63, 3.8) is 0 Å². The third-order valence-corrected chi connectivity index (χ3v) is 4.03. The van der Waals surface area contributed by atoms with E-state index < -0.39 is 0 Å². The maximum Gasteiger partial charge on any atom is 0.124 e. The van der Waals surface area contributed by atoms with E-state index >= 15 is 0 Å². The van der Waals surface area contributed by atoms with Crippen molar-refractivity contribution >= 4 is 29.1 Å². The summed E-state index contributed by atoms with van der Waals surface area (Å²) in [6.45, 7) is 2.01. The molecule has 0 aliphatic heterocycles. The summed E-state index contributed by atoms with van der Waals surface area (Å²) in [5, 5.41) is 3.86. The predicted octanol–water partition coefficient (Wildman–Crippen LogP) is 5.37. The van der Waals surface area contributed by atoms with Crippen molar-refractivity contribution in [1.82, 2.24) is 0 Å². The number of thioether (sulfide) groups is 1. The van der Waals surface area contributed by atoms with E-state index in [1.165, 1.54) is 17.0 Å². The van der Waals surface area contributed by atoms with E-state index in [0.29, 0.717) is 5.02 Å². The standard InChI is InChI=1S/C15H15ClFNS/c1-10(12-8-7-11(17)9-13(12)16)18-14-5-3-4-6-15(14)19-2/h3-10,18H,1-2H3. The van der Waals surface area contributed by atoms with E-state index in [2.05, 4.69) is 11.4 Å². The van der Waals surface area contributed by atoms with Crippen molar-refractivity contribution in [3.05, 3.63) is 58.9 Å². The molecule has 100 valence electrons. The molecule has 1 atom stereocenters. The lowest BCUT2D eigenvalue weighted by Gasteiger charge is -2.19. The van der Waals surface area contributed by atoms with Crippen LogP contribution in [0.25, 0.3) is 0 Å². The molecule has 0 radical (unpaired) electrons. The van der Waals surface area contributed by atoms with E-state index in [4.69, 9.17) is 11.6 Å². The second kappa shape index (κ2) is 6.31. The third-order valence-electron chi connectivity index (χ3n) is 2.91. The van der Waals surface area contributed by atoms with Gasteiger partial charge < -0.3 is 5.32 Å². The largest absolute Gasteiger partial charge is 0.378 e. The van der Waals surface area contributed by atoms with Gasteiger partial charge in [-0.05, 0) is 43.0 Å². The van der Waals surface area contributed by atoms with Crippen LogP contribution in [0.1, 0.15) is 18.5 Å². The summed E-state index contributed by atoms with van der Waals surface area (Å²) in [7, 11) is 0. The first kappa shape index (κ1) is 14.2. The summed E-state index contributed by atoms with van der Waals surface area (Å²) in [4.78, 5) is 1.17. The minimum Gasteiger partial charge on any atom is -0.378 e. The van der Waals surface area contributed by atoms with Gasteiger partial charge in [0.2, 0.25) is 0 Å². The van der Waals surface area contributed by atoms with Gasteiger partial charge in [-0.2, -0.15) is 0 Å². The van der Waals surface area contributed by atoms with Crippen LogP contribution in [0.2, 0.25) is 5.02 Å². The fraction of sp³-hybridized carbons (Fsp3) is 0.200. The number of para-hydroxylation sites is 1. The lowest BCUT2D eigenvalue weighted by Crippen LogP contribution is -2.08. The molecule has 0 aliphatic carbocycles. The maximum atomic E-state index is 13.0. The number of benzene rings is 2. The highest BCUT2D eigenvalue weighted by Gasteiger charge is 2.11. The monoisotopic (exact) mass is 295 g/mol. The van der Waals surface area contributed by atoms with Crippen LogP contribution in [0.3, 0.4) is 0 Å². The lowest BCUT2D eigenvalue weighted by molar-refractivity contribution is 0.626. The van der Waals surface area contributed by atoms with Gasteiger partial charge in [0.25, 0.3) is 0 Å². The summed E-state index contributed by atoms with van der Waals surface area (Å²) >= 11 is 7.76. The van der Waals surface area contributed by atoms with Crippen LogP contribution < -0.4 is 5.32 Å². The molecular weight excluding hydrogens is 281 g/mol. The number of halogens is 2. The van der Waals surface area contributed by atoms with Gasteiger partial charge in [0, 0.05) is 15.6 Å². The number of nitrogens with one attached hydrogen (secondary N) is 1. The smallest absolute Gasteiger partial charge is 0.124 e. The highest BCUT2D eigenvalue weighted by molar-refractivity contribution is 7.98. The first-order valence-corrected chi connectivity index (χ1v) is 7.56. The van der Waals surface area contributed by atoms with E-state index in [1.54, 1.807) is 17.8 Å². The molecule has 2 rings (SSSR count). The third kappa shape index (κ3) is 3.43. The number of rotatable bonds is 4. The molecule has 0 heterocycles. The lowest BCUT2D eigenvalue weighted by atomic mass is 10.1. The Morgan fingerprint density at radius 2 is 1.95 bits per heavy atom. The van der Waals surface area contributed by atoms with Crippen LogP contribution in [0.5, 0.6) is 0 Å². The Balaban J connectivity index is 2.23. The second-order valence-corrected chi connectivity index (χ2v) is 5.49. The zero-order chi connectivity index (χ0) is 13.8. The van der Waals surface area contributed by atoms with Crippen LogP contribution in [-0.4, -0.2) is 6.26 Å². The van der Waals surface area contributed by atoms with Crippen LogP contribution >= 0.6 is 23.4 Å². The zero-order valence-electron chi connectivity index (χ0n) is 10.8. The Hall–Kier alpha value is -1.19. The molecule has 19 heavy (non-hydrogen) atoms. The molecule has 4 heteroatoms. The summed E-state index contributed by atoms with van der Waals surface area (Å²) in [6.07, 6.45) is 2.04. The van der Waals surface area contributed by atoms with Gasteiger partial charge in [0.15, 0.2) is 0 Å². The predicted molar refractivity (Wildman–Crippen MR) is 81.7 cm³/mol. The fourth-order valence-electron chi connectivity index (χ4n) is 1.93. The van der Waals surface area contributed by atoms with E-state index in [1.807, 2.05) is 31.4 Å². The van der Waals surface area contributed by atoms with E-state index in [0.717, 1.165) is 11.3 Å². The SMILES string of the molecule is CSc1ccccc1NC(C)c1ccc(F)cc1Cl. The molecular formula is C15H15ClFNS. The van der Waals surface area contributed by atoms with E-state index in [9.17, 15) is 4.39 Å². The summed E-state index contributed by atoms with van der Waals surface area (Å²) < 4.78 is 13.0. The van der Waals surface area contributed by atoms with Crippen LogP contribution in [0.4, 0.5) is 10.1 Å². The maximum absolute atomic E-state index is 13.0. The van der Waals surface area contributed by atoms with E-state index in [-0.39, 0.29) is 11.9 Å². The highest BCUT2D eigenvalue weighted by atomic mass is 35.5. The van der Waals surface area contributed by atoms with Crippen molar-refractivity contribution in [1.29, 1.82) is 0 Å². The molecule has 2 aromatic rings. The first-order chi connectivity index (χ1) is 9.11. The van der Waals surface area contributed by atoms with Crippen LogP contribution in [0, 0.1) is 5.82 Å². The van der Waals surface area contributed by atoms with Gasteiger partial charge in [-0.25, -0.2) is 4.39 Å². The molecule has 0 aromatic heterocycles. The number of anilines is 1. The Morgan fingerprint density at radius 1 is 1.21 bits per heavy atom. The van der Waals surface area contributed by atoms with Gasteiger partial charge in [-0.1, -0.05) is 29.8 Å². The van der Waals surface area contributed by atoms with Crippen molar-refractivity contribution in [2.24, 2.45) is 0 Å². The number of hydrogen-bond acceptors (Lipinski definition) is 2. The van der Waals surface area contributed by atoms with Crippen molar-refractivity contribution in [2.45, 2.75) is 17.9 Å². The Bertz CT molecular complexity index is 574. The van der Waals surface area contributed by atoms with Gasteiger partial charge >= 0.3 is 0 Å². The molecule has 0 spiro atoms. The van der Waals surface area contributed by atoms with Gasteiger partial charge in [-0.15, -0.1) is 11.8 Å². The van der Waals surface area contributed by atoms with Crippen LogP contribution in [0.15, 0.2) is 47.4 Å². The quantitative estimate of drug-likeness (QED) is 0.761. The molecule has 0 saturated heterocycles. The normalized spacial score (nSPS) is 12.2. The molecule has 2 aromatic carbocycles. The molecule has 0 aliphatic rings. The Labute approximate surface area is 122 Å². The topological polar surface area (TPSA) is 12.0 Å². The van der Waals surface area contributed by atoms with Gasteiger partial charge in [0.1, 0.15) is 5.82 Å². The second-order valence-electron chi connectivity index (χ2n) is 4.23. The first-order valence-electron chi connectivity index (χ1n) is 5.96. The van der Waals surface area contributed by atoms with Crippen molar-refractivity contribution in [2.75, 3.05) is 11.6 Å². The zero-order valence-corrected chi connectivity index (χ0v) is 12.4.